The zero-order valence-corrected chi connectivity index (χ0v) is 30.7. The lowest BCUT2D eigenvalue weighted by Gasteiger charge is -2.44. The summed E-state index contributed by atoms with van der Waals surface area (Å²) >= 11 is 0. The number of alkyl halides is 4. The van der Waals surface area contributed by atoms with Gasteiger partial charge in [0.15, 0.2) is 11.3 Å². The second-order valence-corrected chi connectivity index (χ2v) is 15.0. The third-order valence-corrected chi connectivity index (χ3v) is 11.5. The third kappa shape index (κ3) is 6.70. The number of hydrogen-bond donors (Lipinski definition) is 2. The number of hydrogen-bond acceptors (Lipinski definition) is 9. The summed E-state index contributed by atoms with van der Waals surface area (Å²) in [6.07, 6.45) is 5.92. The van der Waals surface area contributed by atoms with Gasteiger partial charge in [-0.15, -0.1) is 0 Å². The van der Waals surface area contributed by atoms with Crippen molar-refractivity contribution in [2.24, 2.45) is 13.0 Å². The molecular formula is C37H41F4N11O4. The number of nitrogens with zero attached hydrogens (tertiary/aromatic N) is 9. The number of carbonyl (C=O) groups is 3. The zero-order valence-electron chi connectivity index (χ0n) is 30.7. The number of imide groups is 1. The van der Waals surface area contributed by atoms with Crippen molar-refractivity contribution in [3.8, 4) is 0 Å². The molecule has 8 rings (SSSR count). The summed E-state index contributed by atoms with van der Waals surface area (Å²) in [4.78, 5) is 58.3. The van der Waals surface area contributed by atoms with Gasteiger partial charge in [0.1, 0.15) is 11.6 Å². The van der Waals surface area contributed by atoms with Crippen molar-refractivity contribution in [2.45, 2.75) is 75.4 Å². The molecule has 2 aliphatic heterocycles. The average Bonchev–Trinajstić information content (AvgIpc) is 3.86. The molecule has 0 spiro atoms. The second-order valence-electron chi connectivity index (χ2n) is 15.0. The Morgan fingerprint density at radius 3 is 2.61 bits per heavy atom. The van der Waals surface area contributed by atoms with Crippen molar-refractivity contribution in [1.29, 1.82) is 0 Å². The van der Waals surface area contributed by atoms with Gasteiger partial charge in [0, 0.05) is 45.1 Å². The minimum absolute atomic E-state index is 0.0898. The minimum atomic E-state index is -3.10. The summed E-state index contributed by atoms with van der Waals surface area (Å²) in [6.45, 7) is 0.180. The van der Waals surface area contributed by atoms with Crippen LogP contribution in [-0.2, 0) is 16.6 Å². The van der Waals surface area contributed by atoms with Gasteiger partial charge in [-0.2, -0.15) is 10.2 Å². The lowest BCUT2D eigenvalue weighted by atomic mass is 9.85. The molecule has 3 amide bonds. The number of halogens is 4. The van der Waals surface area contributed by atoms with E-state index in [1.165, 1.54) is 36.9 Å². The molecule has 2 atom stereocenters. The van der Waals surface area contributed by atoms with Gasteiger partial charge in [-0.25, -0.2) is 31.9 Å². The quantitative estimate of drug-likeness (QED) is 0.164. The van der Waals surface area contributed by atoms with Crippen molar-refractivity contribution in [2.75, 3.05) is 36.9 Å². The molecule has 0 radical (unpaired) electrons. The van der Waals surface area contributed by atoms with E-state index in [0.717, 1.165) is 0 Å². The van der Waals surface area contributed by atoms with Crippen molar-refractivity contribution in [3.63, 3.8) is 0 Å². The van der Waals surface area contributed by atoms with Crippen LogP contribution in [0.15, 0.2) is 53.8 Å². The molecular weight excluding hydrogens is 738 g/mol. The first-order valence-electron chi connectivity index (χ1n) is 18.6. The number of aromatic nitrogens is 7. The van der Waals surface area contributed by atoms with Gasteiger partial charge in [-0.3, -0.25) is 38.4 Å². The van der Waals surface area contributed by atoms with Crippen molar-refractivity contribution >= 4 is 45.8 Å². The van der Waals surface area contributed by atoms with Gasteiger partial charge >= 0.3 is 5.69 Å². The van der Waals surface area contributed by atoms with Crippen LogP contribution < -0.4 is 21.2 Å². The van der Waals surface area contributed by atoms with E-state index in [9.17, 15) is 28.0 Å². The molecule has 3 fully saturated rings. The largest absolute Gasteiger partial charge is 0.364 e. The van der Waals surface area contributed by atoms with Gasteiger partial charge in [0.25, 0.3) is 18.3 Å². The topological polar surface area (TPSA) is 157 Å². The van der Waals surface area contributed by atoms with Gasteiger partial charge in [-0.05, 0) is 69.7 Å². The van der Waals surface area contributed by atoms with Crippen LogP contribution in [0.4, 0.5) is 28.9 Å². The van der Waals surface area contributed by atoms with Crippen LogP contribution in [0.1, 0.15) is 79.5 Å². The highest BCUT2D eigenvalue weighted by molar-refractivity contribution is 6.08. The second kappa shape index (κ2) is 14.5. The van der Waals surface area contributed by atoms with Crippen LogP contribution in [-0.4, -0.2) is 94.8 Å². The lowest BCUT2D eigenvalue weighted by molar-refractivity contribution is -0.135. The number of nitrogens with one attached hydrogen (secondary N) is 2. The van der Waals surface area contributed by atoms with E-state index in [1.807, 2.05) is 0 Å². The molecule has 5 aromatic rings. The maximum absolute atomic E-state index is 16.1. The van der Waals surface area contributed by atoms with E-state index in [-0.39, 0.29) is 48.1 Å². The number of piperidine rings is 2. The highest BCUT2D eigenvalue weighted by atomic mass is 19.3. The molecule has 2 saturated heterocycles. The van der Waals surface area contributed by atoms with Gasteiger partial charge in [0.2, 0.25) is 11.8 Å². The van der Waals surface area contributed by atoms with Gasteiger partial charge in [0.05, 0.1) is 47.2 Å². The molecule has 1 aliphatic carbocycles. The standard InChI is InChI=1S/C37H41F4N11O4/c1-47(18-21-7-9-22(10-8-21)51-19-24(30(46-51)32(38)39)44-34(54)23-17-43-50-15-4-14-42-33(23)50)28-13-16-49(20-37(28,40)41)25-5-3-6-26-31(25)48(2)36(56)52(26)27-11-12-29(53)45-35(27)55/h3-6,14-15,17,19,21-22,27-28,32H,7-13,16,18,20H2,1-2H3,(H,44,54)(H,45,53,55). The highest BCUT2D eigenvalue weighted by Crippen LogP contribution is 2.39. The lowest BCUT2D eigenvalue weighted by Crippen LogP contribution is -2.58. The predicted octanol–water partition coefficient (Wildman–Crippen LogP) is 4.32. The first kappa shape index (κ1) is 37.3. The minimum Gasteiger partial charge on any atom is -0.364 e. The Hall–Kier alpha value is -5.59. The SMILES string of the molecule is CN(CC1CCC(n2cc(NC(=O)c3cnn4cccnc34)c(C(F)F)n2)CC1)C1CCN(c2cccc3c2n(C)c(=O)n3C2CCC(=O)NC2=O)CC1(F)F. The van der Waals surface area contributed by atoms with Crippen LogP contribution in [0.5, 0.6) is 0 Å². The number of anilines is 2. The number of benzene rings is 1. The number of aryl methyl sites for hydroxylation is 1. The molecule has 296 valence electrons. The van der Waals surface area contributed by atoms with E-state index in [2.05, 4.69) is 25.8 Å². The van der Waals surface area contributed by atoms with Crippen LogP contribution in [0, 0.1) is 5.92 Å². The average molecular weight is 780 g/mol. The Kier molecular flexibility index (Phi) is 9.66. The smallest absolute Gasteiger partial charge is 0.329 e. The molecule has 15 nitrogen and oxygen atoms in total. The maximum atomic E-state index is 16.1. The number of carbonyl (C=O) groups excluding carboxylic acids is 3. The van der Waals surface area contributed by atoms with Gasteiger partial charge in [-0.1, -0.05) is 6.07 Å². The Labute approximate surface area is 317 Å². The Balaban J connectivity index is 0.903. The molecule has 2 unspecified atom stereocenters. The molecule has 56 heavy (non-hydrogen) atoms. The van der Waals surface area contributed by atoms with Crippen LogP contribution in [0.3, 0.4) is 0 Å². The normalized spacial score (nSPS) is 23.0. The molecule has 6 heterocycles. The summed E-state index contributed by atoms with van der Waals surface area (Å²) in [6, 6.07) is 4.60. The molecule has 0 bridgehead atoms. The van der Waals surface area contributed by atoms with Crippen LogP contribution in [0.25, 0.3) is 16.7 Å². The summed E-state index contributed by atoms with van der Waals surface area (Å²) in [5.41, 5.74) is 0.659. The van der Waals surface area contributed by atoms with Crippen LogP contribution >= 0.6 is 0 Å². The fourth-order valence-corrected chi connectivity index (χ4v) is 8.73. The van der Waals surface area contributed by atoms with E-state index in [0.29, 0.717) is 55.5 Å². The van der Waals surface area contributed by atoms with Crippen molar-refractivity contribution in [3.05, 3.63) is 70.8 Å². The van der Waals surface area contributed by atoms with E-state index in [1.54, 1.807) is 54.4 Å². The van der Waals surface area contributed by atoms with Gasteiger partial charge < -0.3 is 10.2 Å². The molecule has 3 aliphatic rings. The fraction of sp³-hybridized carbons (Fsp3) is 0.486. The molecule has 1 aromatic carbocycles. The summed E-state index contributed by atoms with van der Waals surface area (Å²) in [5, 5.41) is 13.1. The number of fused-ring (bicyclic) bond motifs is 2. The number of amides is 3. The molecule has 1 saturated carbocycles. The molecule has 4 aromatic heterocycles. The van der Waals surface area contributed by atoms with E-state index >= 15 is 8.78 Å². The first-order chi connectivity index (χ1) is 26.8. The zero-order chi connectivity index (χ0) is 39.5. The van der Waals surface area contributed by atoms with E-state index < -0.39 is 60.1 Å². The predicted molar refractivity (Wildman–Crippen MR) is 196 cm³/mol. The maximum Gasteiger partial charge on any atom is 0.329 e. The highest BCUT2D eigenvalue weighted by Gasteiger charge is 2.47. The first-order valence-corrected chi connectivity index (χ1v) is 18.6. The Bertz CT molecular complexity index is 2380. The number of rotatable bonds is 9. The van der Waals surface area contributed by atoms with Crippen LogP contribution in [0.2, 0.25) is 0 Å². The molecule has 2 N–H and O–H groups in total. The Morgan fingerprint density at radius 1 is 1.09 bits per heavy atom. The monoisotopic (exact) mass is 779 g/mol. The Morgan fingerprint density at radius 2 is 1.88 bits per heavy atom. The third-order valence-electron chi connectivity index (χ3n) is 11.5. The van der Waals surface area contributed by atoms with Crippen molar-refractivity contribution in [1.82, 2.24) is 43.7 Å². The van der Waals surface area contributed by atoms with E-state index in [4.69, 9.17) is 0 Å². The summed E-state index contributed by atoms with van der Waals surface area (Å²) < 4.78 is 65.8. The number of imidazole rings is 1. The molecule has 19 heteroatoms. The summed E-state index contributed by atoms with van der Waals surface area (Å²) in [7, 11) is 3.26. The number of para-hydroxylation sites is 1. The summed E-state index contributed by atoms with van der Waals surface area (Å²) in [5.74, 6) is -4.60. The fourth-order valence-electron chi connectivity index (χ4n) is 8.73. The van der Waals surface area contributed by atoms with Crippen molar-refractivity contribution < 1.29 is 31.9 Å².